The van der Waals surface area contributed by atoms with Gasteiger partial charge >= 0.3 is 0 Å². The molecule has 0 bridgehead atoms. The number of carbonyl (C=O) groups excluding carboxylic acids is 1. The number of nitrogens with one attached hydrogen (secondary N) is 1. The van der Waals surface area contributed by atoms with Crippen molar-refractivity contribution < 1.29 is 14.3 Å². The van der Waals surface area contributed by atoms with Crippen molar-refractivity contribution >= 4 is 46.0 Å². The molecule has 7 nitrogen and oxygen atoms in total. The molecule has 1 amide bonds. The minimum Gasteiger partial charge on any atom is -0.495 e. The van der Waals surface area contributed by atoms with E-state index in [4.69, 9.17) is 21.1 Å². The molecule has 1 aliphatic heterocycles. The fourth-order valence-corrected chi connectivity index (χ4v) is 3.40. The second-order valence-corrected chi connectivity index (χ2v) is 7.32. The van der Waals surface area contributed by atoms with Crippen LogP contribution in [0.15, 0.2) is 58.6 Å². The maximum Gasteiger partial charge on any atom is 0.234 e. The molecule has 0 fully saturated rings. The van der Waals surface area contributed by atoms with E-state index in [9.17, 15) is 4.79 Å². The third-order valence-electron chi connectivity index (χ3n) is 3.88. The van der Waals surface area contributed by atoms with E-state index in [2.05, 4.69) is 15.4 Å². The highest BCUT2D eigenvalue weighted by Gasteiger charge is 2.18. The van der Waals surface area contributed by atoms with E-state index < -0.39 is 0 Å². The number of amides is 1. The summed E-state index contributed by atoms with van der Waals surface area (Å²) in [6, 6.07) is 14.5. The van der Waals surface area contributed by atoms with E-state index in [-0.39, 0.29) is 11.7 Å². The molecule has 0 atom stereocenters. The van der Waals surface area contributed by atoms with Crippen LogP contribution in [0.4, 0.5) is 5.69 Å². The molecule has 2 aromatic rings. The molecule has 152 valence electrons. The lowest BCUT2D eigenvalue weighted by Crippen LogP contribution is -2.33. The minimum atomic E-state index is -0.187. The summed E-state index contributed by atoms with van der Waals surface area (Å²) in [5, 5.41) is 9.99. The highest BCUT2D eigenvalue weighted by atomic mass is 35.5. The van der Waals surface area contributed by atoms with Gasteiger partial charge in [-0.15, -0.1) is 5.10 Å². The highest BCUT2D eigenvalue weighted by Crippen LogP contribution is 2.27. The van der Waals surface area contributed by atoms with Gasteiger partial charge < -0.3 is 14.8 Å². The van der Waals surface area contributed by atoms with E-state index in [0.717, 1.165) is 0 Å². The van der Waals surface area contributed by atoms with Gasteiger partial charge in [0.25, 0.3) is 0 Å². The Bertz CT molecular complexity index is 921. The first-order chi connectivity index (χ1) is 14.1. The van der Waals surface area contributed by atoms with Crippen LogP contribution in [-0.4, -0.2) is 47.9 Å². The number of hydrazone groups is 1. The Labute approximate surface area is 178 Å². The van der Waals surface area contributed by atoms with Gasteiger partial charge in [-0.3, -0.25) is 9.80 Å². The third kappa shape index (κ3) is 6.13. The number of hydrogen-bond donors (Lipinski definition) is 1. The number of hydrogen-bond acceptors (Lipinski definition) is 7. The summed E-state index contributed by atoms with van der Waals surface area (Å²) in [4.78, 5) is 16.7. The second-order valence-electron chi connectivity index (χ2n) is 5.97. The maximum absolute atomic E-state index is 12.3. The molecule has 0 saturated carbocycles. The number of para-hydroxylation sites is 1. The zero-order valence-corrected chi connectivity index (χ0v) is 17.7. The summed E-state index contributed by atoms with van der Waals surface area (Å²) in [5.41, 5.74) is 0.596. The van der Waals surface area contributed by atoms with Crippen LogP contribution < -0.4 is 14.8 Å². The number of rotatable bonds is 6. The van der Waals surface area contributed by atoms with E-state index >= 15 is 0 Å². The van der Waals surface area contributed by atoms with Crippen LogP contribution in [-0.2, 0) is 4.79 Å². The third-order valence-corrected chi connectivity index (χ3v) is 5.01. The zero-order valence-electron chi connectivity index (χ0n) is 16.1. The highest BCUT2D eigenvalue weighted by molar-refractivity contribution is 8.14. The molecule has 1 heterocycles. The van der Waals surface area contributed by atoms with E-state index in [1.807, 2.05) is 42.3 Å². The topological polar surface area (TPSA) is 75.5 Å². The van der Waals surface area contributed by atoms with Crippen LogP contribution in [0, 0.1) is 0 Å². The number of anilines is 1. The van der Waals surface area contributed by atoms with Gasteiger partial charge in [0.2, 0.25) is 17.0 Å². The number of thioether (sulfide) groups is 1. The summed E-state index contributed by atoms with van der Waals surface area (Å²) in [5.74, 6) is 1.77. The fourth-order valence-electron chi connectivity index (χ4n) is 2.47. The van der Waals surface area contributed by atoms with Crippen molar-refractivity contribution in [2.24, 2.45) is 10.1 Å². The number of likely N-dealkylation sites (N-methyl/N-ethyl adjacent to an activating group) is 1. The van der Waals surface area contributed by atoms with Crippen molar-refractivity contribution in [2.75, 3.05) is 31.3 Å². The lowest BCUT2D eigenvalue weighted by Gasteiger charge is -2.23. The SMILES string of the molecule is CCN1CC(Oc2ccccc2)=NC(SCC(=O)Nc2ccc(OC)c(Cl)c2)=N1. The molecule has 0 spiro atoms. The number of carbonyl (C=O) groups is 1. The first kappa shape index (κ1) is 21.0. The molecular formula is C20H21ClN4O3S. The minimum absolute atomic E-state index is 0.155. The fraction of sp³-hybridized carbons (Fsp3) is 0.250. The van der Waals surface area contributed by atoms with Gasteiger partial charge in [-0.05, 0) is 37.3 Å². The maximum atomic E-state index is 12.3. The van der Waals surface area contributed by atoms with E-state index in [1.54, 1.807) is 18.2 Å². The quantitative estimate of drug-likeness (QED) is 0.743. The Balaban J connectivity index is 1.59. The number of aliphatic imine (C=N–C) groups is 1. The van der Waals surface area contributed by atoms with Crippen LogP contribution >= 0.6 is 23.4 Å². The van der Waals surface area contributed by atoms with Gasteiger partial charge in [0.1, 0.15) is 18.0 Å². The molecule has 0 saturated heterocycles. The molecule has 0 aromatic heterocycles. The number of methoxy groups -OCH3 is 1. The van der Waals surface area contributed by atoms with Crippen molar-refractivity contribution in [1.29, 1.82) is 0 Å². The lowest BCUT2D eigenvalue weighted by atomic mass is 10.3. The predicted octanol–water partition coefficient (Wildman–Crippen LogP) is 4.10. The lowest BCUT2D eigenvalue weighted by molar-refractivity contribution is -0.113. The Morgan fingerprint density at radius 1 is 1.28 bits per heavy atom. The van der Waals surface area contributed by atoms with Gasteiger partial charge in [0.05, 0.1) is 17.9 Å². The smallest absolute Gasteiger partial charge is 0.234 e. The first-order valence-electron chi connectivity index (χ1n) is 8.97. The van der Waals surface area contributed by atoms with Gasteiger partial charge in [0.15, 0.2) is 0 Å². The summed E-state index contributed by atoms with van der Waals surface area (Å²) < 4.78 is 11.0. The Morgan fingerprint density at radius 3 is 2.76 bits per heavy atom. The molecule has 0 radical (unpaired) electrons. The number of nitrogens with zero attached hydrogens (tertiary/aromatic N) is 3. The zero-order chi connectivity index (χ0) is 20.6. The summed E-state index contributed by atoms with van der Waals surface area (Å²) in [6.07, 6.45) is 0. The van der Waals surface area contributed by atoms with Crippen molar-refractivity contribution in [3.05, 3.63) is 53.6 Å². The van der Waals surface area contributed by atoms with Crippen molar-refractivity contribution in [3.63, 3.8) is 0 Å². The van der Waals surface area contributed by atoms with Crippen LogP contribution in [0.25, 0.3) is 0 Å². The van der Waals surface area contributed by atoms with E-state index in [1.165, 1.54) is 18.9 Å². The molecule has 1 N–H and O–H groups in total. The van der Waals surface area contributed by atoms with Crippen molar-refractivity contribution in [2.45, 2.75) is 6.92 Å². The Morgan fingerprint density at radius 2 is 2.07 bits per heavy atom. The summed E-state index contributed by atoms with van der Waals surface area (Å²) >= 11 is 7.33. The molecule has 29 heavy (non-hydrogen) atoms. The molecular weight excluding hydrogens is 412 g/mol. The Hall–Kier alpha value is -2.71. The second kappa shape index (κ2) is 10.2. The number of halogens is 1. The van der Waals surface area contributed by atoms with Gasteiger partial charge in [-0.25, -0.2) is 0 Å². The van der Waals surface area contributed by atoms with Crippen LogP contribution in [0.2, 0.25) is 5.02 Å². The van der Waals surface area contributed by atoms with Gasteiger partial charge in [0, 0.05) is 12.2 Å². The van der Waals surface area contributed by atoms with Gasteiger partial charge in [-0.1, -0.05) is 41.6 Å². The standard InChI is InChI=1S/C20H21ClN4O3S/c1-3-25-12-19(28-15-7-5-4-6-8-15)23-20(24-25)29-13-18(26)22-14-9-10-17(27-2)16(21)11-14/h4-11H,3,12-13H2,1-2H3,(H,22,26). The summed E-state index contributed by atoms with van der Waals surface area (Å²) in [6.45, 7) is 3.18. The molecule has 0 unspecified atom stereocenters. The molecule has 0 aliphatic carbocycles. The molecule has 9 heteroatoms. The average molecular weight is 433 g/mol. The van der Waals surface area contributed by atoms with Crippen LogP contribution in [0.3, 0.4) is 0 Å². The average Bonchev–Trinajstić information content (AvgIpc) is 2.73. The molecule has 3 rings (SSSR count). The summed E-state index contributed by atoms with van der Waals surface area (Å²) in [7, 11) is 1.54. The van der Waals surface area contributed by atoms with E-state index in [0.29, 0.717) is 46.4 Å². The Kier molecular flexibility index (Phi) is 7.37. The number of amidine groups is 1. The van der Waals surface area contributed by atoms with Gasteiger partial charge in [-0.2, -0.15) is 4.99 Å². The van der Waals surface area contributed by atoms with Crippen molar-refractivity contribution in [3.8, 4) is 11.5 Å². The monoisotopic (exact) mass is 432 g/mol. The van der Waals surface area contributed by atoms with Crippen LogP contribution in [0.5, 0.6) is 11.5 Å². The normalized spacial score (nSPS) is 13.4. The number of benzene rings is 2. The first-order valence-corrected chi connectivity index (χ1v) is 10.3. The van der Waals surface area contributed by atoms with Crippen LogP contribution in [0.1, 0.15) is 6.92 Å². The molecule has 1 aliphatic rings. The predicted molar refractivity (Wildman–Crippen MR) is 118 cm³/mol. The molecule has 2 aromatic carbocycles. The van der Waals surface area contributed by atoms with Crippen molar-refractivity contribution in [1.82, 2.24) is 5.01 Å². The number of ether oxygens (including phenoxy) is 2. The largest absolute Gasteiger partial charge is 0.495 e.